The van der Waals surface area contributed by atoms with Gasteiger partial charge in [0.25, 0.3) is 0 Å². The van der Waals surface area contributed by atoms with Crippen LogP contribution in [0.1, 0.15) is 11.1 Å². The van der Waals surface area contributed by atoms with Crippen LogP contribution in [0.5, 0.6) is 0 Å². The minimum absolute atomic E-state index is 0.156. The maximum atomic E-state index is 13.1. The van der Waals surface area contributed by atoms with E-state index in [1.807, 2.05) is 0 Å². The quantitative estimate of drug-likeness (QED) is 0.616. The summed E-state index contributed by atoms with van der Waals surface area (Å²) in [5, 5.41) is 3.42. The van der Waals surface area contributed by atoms with Gasteiger partial charge >= 0.3 is 6.03 Å². The number of halogens is 2. The summed E-state index contributed by atoms with van der Waals surface area (Å²) in [5.74, 6) is 0.0459. The van der Waals surface area contributed by atoms with Crippen molar-refractivity contribution >= 4 is 35.0 Å². The van der Waals surface area contributed by atoms with Crippen LogP contribution in [0, 0.1) is 5.82 Å². The second kappa shape index (κ2) is 9.14. The number of nitrogens with zero attached hydrogens (tertiary/aromatic N) is 3. The lowest BCUT2D eigenvalue weighted by Crippen LogP contribution is -2.31. The van der Waals surface area contributed by atoms with E-state index in [2.05, 4.69) is 10.3 Å². The van der Waals surface area contributed by atoms with Crippen molar-refractivity contribution in [3.63, 3.8) is 0 Å². The molecule has 4 rings (SSSR count). The van der Waals surface area contributed by atoms with E-state index in [1.54, 1.807) is 58.3 Å². The van der Waals surface area contributed by atoms with Crippen molar-refractivity contribution in [3.05, 3.63) is 88.8 Å². The number of benzene rings is 2. The minimum atomic E-state index is -0.303. The van der Waals surface area contributed by atoms with Gasteiger partial charge in [-0.25, -0.2) is 14.2 Å². The average Bonchev–Trinajstić information content (AvgIpc) is 3.12. The Morgan fingerprint density at radius 1 is 1.00 bits per heavy atom. The van der Waals surface area contributed by atoms with Crippen LogP contribution in [0.2, 0.25) is 5.02 Å². The SMILES string of the molecule is O=C(Cc1ccc(Cl)cc1)Nc1ccc(N2CCN(Cc3ccc(F)cc3)C2=O)nc1. The van der Waals surface area contributed by atoms with Crippen LogP contribution < -0.4 is 10.2 Å². The number of nitrogens with one attached hydrogen (secondary N) is 1. The first-order chi connectivity index (χ1) is 15.0. The van der Waals surface area contributed by atoms with Crippen LogP contribution in [0.4, 0.5) is 20.7 Å². The first kappa shape index (κ1) is 20.8. The molecule has 1 N–H and O–H groups in total. The van der Waals surface area contributed by atoms with E-state index in [0.717, 1.165) is 11.1 Å². The van der Waals surface area contributed by atoms with Crippen LogP contribution >= 0.6 is 11.6 Å². The molecule has 1 saturated heterocycles. The molecule has 0 radical (unpaired) electrons. The molecule has 0 spiro atoms. The molecule has 1 fully saturated rings. The topological polar surface area (TPSA) is 65.5 Å². The number of rotatable bonds is 6. The Balaban J connectivity index is 1.34. The van der Waals surface area contributed by atoms with Gasteiger partial charge in [0, 0.05) is 24.7 Å². The normalized spacial score (nSPS) is 13.5. The highest BCUT2D eigenvalue weighted by molar-refractivity contribution is 6.30. The summed E-state index contributed by atoms with van der Waals surface area (Å²) >= 11 is 5.86. The van der Waals surface area contributed by atoms with Crippen molar-refractivity contribution in [3.8, 4) is 0 Å². The number of urea groups is 1. The number of pyridine rings is 1. The Hall–Kier alpha value is -3.45. The zero-order valence-electron chi connectivity index (χ0n) is 16.6. The summed E-state index contributed by atoms with van der Waals surface area (Å²) in [4.78, 5) is 32.6. The van der Waals surface area contributed by atoms with Gasteiger partial charge in [0.15, 0.2) is 0 Å². The first-order valence-corrected chi connectivity index (χ1v) is 10.2. The molecule has 2 heterocycles. The zero-order valence-corrected chi connectivity index (χ0v) is 17.3. The Labute approximate surface area is 184 Å². The van der Waals surface area contributed by atoms with E-state index < -0.39 is 0 Å². The third-order valence-corrected chi connectivity index (χ3v) is 5.22. The Morgan fingerprint density at radius 3 is 2.39 bits per heavy atom. The van der Waals surface area contributed by atoms with E-state index in [4.69, 9.17) is 11.6 Å². The van der Waals surface area contributed by atoms with E-state index >= 15 is 0 Å². The molecule has 6 nitrogen and oxygen atoms in total. The van der Waals surface area contributed by atoms with Gasteiger partial charge in [-0.3, -0.25) is 9.69 Å². The smallest absolute Gasteiger partial charge is 0.324 e. The lowest BCUT2D eigenvalue weighted by atomic mass is 10.1. The molecule has 8 heteroatoms. The molecule has 0 unspecified atom stereocenters. The molecule has 0 bridgehead atoms. The second-order valence-corrected chi connectivity index (χ2v) is 7.68. The number of hydrogen-bond donors (Lipinski definition) is 1. The molecular weight excluding hydrogens is 419 g/mol. The van der Waals surface area contributed by atoms with Crippen LogP contribution in [0.3, 0.4) is 0 Å². The summed E-state index contributed by atoms with van der Waals surface area (Å²) in [6, 6.07) is 16.5. The summed E-state index contributed by atoms with van der Waals surface area (Å²) in [7, 11) is 0. The van der Waals surface area contributed by atoms with Crippen molar-refractivity contribution in [1.82, 2.24) is 9.88 Å². The fraction of sp³-hybridized carbons (Fsp3) is 0.174. The average molecular weight is 439 g/mol. The maximum Gasteiger partial charge on any atom is 0.326 e. The van der Waals surface area contributed by atoms with Gasteiger partial charge in [0.1, 0.15) is 11.6 Å². The largest absolute Gasteiger partial charge is 0.326 e. The first-order valence-electron chi connectivity index (χ1n) is 9.79. The molecule has 158 valence electrons. The van der Waals surface area contributed by atoms with Crippen molar-refractivity contribution < 1.29 is 14.0 Å². The molecule has 1 aromatic heterocycles. The summed E-state index contributed by atoms with van der Waals surface area (Å²) < 4.78 is 13.1. The molecular formula is C23H20ClFN4O2. The molecule has 0 saturated carbocycles. The number of carbonyl (C=O) groups is 2. The van der Waals surface area contributed by atoms with Gasteiger partial charge in [-0.1, -0.05) is 35.9 Å². The van der Waals surface area contributed by atoms with E-state index in [9.17, 15) is 14.0 Å². The fourth-order valence-corrected chi connectivity index (χ4v) is 3.49. The van der Waals surface area contributed by atoms with E-state index in [-0.39, 0.29) is 24.2 Å². The maximum absolute atomic E-state index is 13.1. The molecule has 1 aliphatic heterocycles. The lowest BCUT2D eigenvalue weighted by molar-refractivity contribution is -0.115. The van der Waals surface area contributed by atoms with Gasteiger partial charge in [-0.2, -0.15) is 0 Å². The highest BCUT2D eigenvalue weighted by Crippen LogP contribution is 2.21. The van der Waals surface area contributed by atoms with Gasteiger partial charge in [0.05, 0.1) is 18.3 Å². The third-order valence-electron chi connectivity index (χ3n) is 4.97. The van der Waals surface area contributed by atoms with Crippen LogP contribution in [0.15, 0.2) is 66.9 Å². The van der Waals surface area contributed by atoms with E-state index in [1.165, 1.54) is 18.3 Å². The predicted octanol–water partition coefficient (Wildman–Crippen LogP) is 4.50. The molecule has 31 heavy (non-hydrogen) atoms. The second-order valence-electron chi connectivity index (χ2n) is 7.24. The fourth-order valence-electron chi connectivity index (χ4n) is 3.36. The van der Waals surface area contributed by atoms with Crippen LogP contribution in [-0.4, -0.2) is 34.9 Å². The molecule has 1 aliphatic rings. The number of hydrogen-bond acceptors (Lipinski definition) is 3. The van der Waals surface area contributed by atoms with Crippen LogP contribution in [0.25, 0.3) is 0 Å². The highest BCUT2D eigenvalue weighted by Gasteiger charge is 2.30. The predicted molar refractivity (Wildman–Crippen MR) is 118 cm³/mol. The standard InChI is InChI=1S/C23H20ClFN4O2/c24-18-5-1-16(2-6-18)13-22(30)27-20-9-10-21(26-14-20)29-12-11-28(23(29)31)15-17-3-7-19(25)8-4-17/h1-10,14H,11-13,15H2,(H,27,30). The van der Waals surface area contributed by atoms with Crippen LogP contribution in [-0.2, 0) is 17.8 Å². The van der Waals surface area contributed by atoms with Crippen molar-refractivity contribution in [2.45, 2.75) is 13.0 Å². The van der Waals surface area contributed by atoms with Crippen molar-refractivity contribution in [2.24, 2.45) is 0 Å². The Morgan fingerprint density at radius 2 is 1.71 bits per heavy atom. The zero-order chi connectivity index (χ0) is 21.8. The summed E-state index contributed by atoms with van der Waals surface area (Å²) in [5.41, 5.74) is 2.27. The Kier molecular flexibility index (Phi) is 6.13. The lowest BCUT2D eigenvalue weighted by Gasteiger charge is -2.18. The molecule has 0 aliphatic carbocycles. The molecule has 2 aromatic carbocycles. The van der Waals surface area contributed by atoms with Gasteiger partial charge < -0.3 is 10.2 Å². The van der Waals surface area contributed by atoms with Gasteiger partial charge in [-0.15, -0.1) is 0 Å². The van der Waals surface area contributed by atoms with Gasteiger partial charge in [0.2, 0.25) is 5.91 Å². The number of aromatic nitrogens is 1. The molecule has 0 atom stereocenters. The molecule has 3 amide bonds. The highest BCUT2D eigenvalue weighted by atomic mass is 35.5. The monoisotopic (exact) mass is 438 g/mol. The van der Waals surface area contributed by atoms with Crippen molar-refractivity contribution in [1.29, 1.82) is 0 Å². The number of amides is 3. The third kappa shape index (κ3) is 5.19. The number of carbonyl (C=O) groups excluding carboxylic acids is 2. The number of anilines is 2. The molecule has 3 aromatic rings. The minimum Gasteiger partial charge on any atom is -0.324 e. The van der Waals surface area contributed by atoms with Crippen molar-refractivity contribution in [2.75, 3.05) is 23.3 Å². The van der Waals surface area contributed by atoms with Gasteiger partial charge in [-0.05, 0) is 47.5 Å². The summed E-state index contributed by atoms with van der Waals surface area (Å²) in [6.07, 6.45) is 1.76. The Bertz CT molecular complexity index is 1070. The van der Waals surface area contributed by atoms with E-state index in [0.29, 0.717) is 36.2 Å². The summed E-state index contributed by atoms with van der Waals surface area (Å²) in [6.45, 7) is 1.47.